The summed E-state index contributed by atoms with van der Waals surface area (Å²) in [5.41, 5.74) is 2.46. The summed E-state index contributed by atoms with van der Waals surface area (Å²) in [7, 11) is 0. The van der Waals surface area contributed by atoms with E-state index in [0.29, 0.717) is 17.7 Å². The van der Waals surface area contributed by atoms with Crippen LogP contribution in [0.5, 0.6) is 0 Å². The van der Waals surface area contributed by atoms with Gasteiger partial charge >= 0.3 is 0 Å². The van der Waals surface area contributed by atoms with Crippen molar-refractivity contribution in [3.63, 3.8) is 0 Å². The van der Waals surface area contributed by atoms with Gasteiger partial charge in [-0.3, -0.25) is 0 Å². The van der Waals surface area contributed by atoms with Gasteiger partial charge < -0.3 is 9.84 Å². The third-order valence-electron chi connectivity index (χ3n) is 8.97. The van der Waals surface area contributed by atoms with E-state index in [1.807, 2.05) is 18.2 Å². The van der Waals surface area contributed by atoms with Gasteiger partial charge in [-0.25, -0.2) is 13.2 Å². The van der Waals surface area contributed by atoms with Crippen LogP contribution in [-0.4, -0.2) is 17.8 Å². The van der Waals surface area contributed by atoms with Crippen LogP contribution < -0.4 is 0 Å². The number of rotatable bonds is 8. The second kappa shape index (κ2) is 11.7. The highest BCUT2D eigenvalue weighted by Crippen LogP contribution is 2.41. The summed E-state index contributed by atoms with van der Waals surface area (Å²) in [6.07, 6.45) is 12.1. The van der Waals surface area contributed by atoms with Crippen LogP contribution in [0.2, 0.25) is 0 Å². The Morgan fingerprint density at radius 2 is 1.54 bits per heavy atom. The number of aliphatic hydroxyl groups is 1. The Morgan fingerprint density at radius 1 is 0.892 bits per heavy atom. The number of hydrogen-bond donors (Lipinski definition) is 1. The van der Waals surface area contributed by atoms with E-state index in [9.17, 15) is 13.9 Å². The summed E-state index contributed by atoms with van der Waals surface area (Å²) < 4.78 is 49.9. The lowest BCUT2D eigenvalue weighted by Gasteiger charge is -2.32. The Balaban J connectivity index is 1.16. The van der Waals surface area contributed by atoms with Gasteiger partial charge in [0.1, 0.15) is 11.9 Å². The quantitative estimate of drug-likeness (QED) is 0.359. The number of epoxide rings is 1. The van der Waals surface area contributed by atoms with Crippen LogP contribution >= 0.6 is 0 Å². The molecule has 37 heavy (non-hydrogen) atoms. The van der Waals surface area contributed by atoms with Gasteiger partial charge in [0.25, 0.3) is 0 Å². The number of benzene rings is 2. The SMILES string of the molecule is CCCC(O)C1CCC(c2ccc(/C=C/C3CCC(c4ccc(C5CO5)cc4F)CC3)c(F)c2F)CC1. The lowest BCUT2D eigenvalue weighted by molar-refractivity contribution is 0.0727. The zero-order chi connectivity index (χ0) is 25.9. The van der Waals surface area contributed by atoms with Crippen LogP contribution in [0.3, 0.4) is 0 Å². The molecule has 5 heteroatoms. The fourth-order valence-corrected chi connectivity index (χ4v) is 6.55. The molecule has 1 saturated heterocycles. The topological polar surface area (TPSA) is 32.8 Å². The van der Waals surface area contributed by atoms with E-state index in [-0.39, 0.29) is 41.7 Å². The Kier molecular flexibility index (Phi) is 8.40. The Bertz CT molecular complexity index is 1090. The van der Waals surface area contributed by atoms with E-state index < -0.39 is 11.6 Å². The molecule has 2 unspecified atom stereocenters. The molecule has 0 bridgehead atoms. The van der Waals surface area contributed by atoms with Crippen molar-refractivity contribution in [2.24, 2.45) is 11.8 Å². The van der Waals surface area contributed by atoms with Gasteiger partial charge in [-0.2, -0.15) is 0 Å². The minimum Gasteiger partial charge on any atom is -0.393 e. The van der Waals surface area contributed by atoms with Crippen LogP contribution in [0.1, 0.15) is 111 Å². The third-order valence-corrected chi connectivity index (χ3v) is 8.97. The highest BCUT2D eigenvalue weighted by atomic mass is 19.2. The Morgan fingerprint density at radius 3 is 2.19 bits per heavy atom. The highest BCUT2D eigenvalue weighted by molar-refractivity contribution is 5.52. The van der Waals surface area contributed by atoms with Gasteiger partial charge in [0.15, 0.2) is 11.6 Å². The molecule has 2 nitrogen and oxygen atoms in total. The summed E-state index contributed by atoms with van der Waals surface area (Å²) in [5.74, 6) is -0.865. The lowest BCUT2D eigenvalue weighted by Crippen LogP contribution is -2.25. The number of hydrogen-bond acceptors (Lipinski definition) is 2. The molecule has 2 atom stereocenters. The third kappa shape index (κ3) is 6.15. The second-order valence-corrected chi connectivity index (χ2v) is 11.4. The molecule has 1 N–H and O–H groups in total. The normalized spacial score (nSPS) is 28.9. The number of allylic oxidation sites excluding steroid dienone is 1. The van der Waals surface area contributed by atoms with Crippen molar-refractivity contribution in [1.29, 1.82) is 0 Å². The molecule has 0 spiro atoms. The molecule has 200 valence electrons. The Hall–Kier alpha value is -2.11. The van der Waals surface area contributed by atoms with Gasteiger partial charge in [0.2, 0.25) is 0 Å². The first-order chi connectivity index (χ1) is 17.9. The molecule has 1 aliphatic heterocycles. The summed E-state index contributed by atoms with van der Waals surface area (Å²) >= 11 is 0. The molecular weight excluding hydrogens is 473 g/mol. The van der Waals surface area contributed by atoms with E-state index in [2.05, 4.69) is 6.92 Å². The minimum atomic E-state index is -0.766. The monoisotopic (exact) mass is 512 g/mol. The molecule has 2 aromatic rings. The van der Waals surface area contributed by atoms with Crippen molar-refractivity contribution < 1.29 is 23.0 Å². The van der Waals surface area contributed by atoms with Gasteiger partial charge in [0.05, 0.1) is 12.7 Å². The van der Waals surface area contributed by atoms with Crippen LogP contribution in [0.25, 0.3) is 6.08 Å². The minimum absolute atomic E-state index is 0.0131. The van der Waals surface area contributed by atoms with E-state index in [4.69, 9.17) is 4.74 Å². The second-order valence-electron chi connectivity index (χ2n) is 11.4. The first-order valence-corrected chi connectivity index (χ1v) is 14.2. The number of halogens is 3. The van der Waals surface area contributed by atoms with Gasteiger partial charge in [-0.1, -0.05) is 49.8 Å². The predicted octanol–water partition coefficient (Wildman–Crippen LogP) is 8.60. The van der Waals surface area contributed by atoms with Crippen LogP contribution in [0.4, 0.5) is 13.2 Å². The molecular formula is C32H39F3O2. The maximum Gasteiger partial charge on any atom is 0.166 e. The fourth-order valence-electron chi connectivity index (χ4n) is 6.55. The first kappa shape index (κ1) is 26.5. The molecule has 1 heterocycles. The van der Waals surface area contributed by atoms with E-state index in [1.165, 1.54) is 0 Å². The zero-order valence-corrected chi connectivity index (χ0v) is 21.8. The van der Waals surface area contributed by atoms with E-state index in [1.54, 1.807) is 24.3 Å². The van der Waals surface area contributed by atoms with Crippen molar-refractivity contribution in [1.82, 2.24) is 0 Å². The number of aliphatic hydroxyl groups excluding tert-OH is 1. The van der Waals surface area contributed by atoms with Crippen molar-refractivity contribution in [2.75, 3.05) is 6.61 Å². The average Bonchev–Trinajstić information content (AvgIpc) is 3.76. The number of ether oxygens (including phenoxy) is 1. The molecule has 3 aliphatic rings. The molecule has 5 rings (SSSR count). The van der Waals surface area contributed by atoms with E-state index >= 15 is 4.39 Å². The summed E-state index contributed by atoms with van der Waals surface area (Å²) in [5, 5.41) is 10.3. The first-order valence-electron chi connectivity index (χ1n) is 14.2. The molecule has 0 amide bonds. The zero-order valence-electron chi connectivity index (χ0n) is 21.8. The summed E-state index contributed by atoms with van der Waals surface area (Å²) in [6, 6.07) is 8.95. The largest absolute Gasteiger partial charge is 0.393 e. The van der Waals surface area contributed by atoms with Gasteiger partial charge in [-0.15, -0.1) is 0 Å². The van der Waals surface area contributed by atoms with Crippen molar-refractivity contribution in [3.8, 4) is 0 Å². The van der Waals surface area contributed by atoms with Crippen LogP contribution in [0, 0.1) is 29.3 Å². The van der Waals surface area contributed by atoms with Crippen molar-refractivity contribution in [2.45, 2.75) is 95.2 Å². The molecule has 2 aromatic carbocycles. The smallest absolute Gasteiger partial charge is 0.166 e. The van der Waals surface area contributed by atoms with Gasteiger partial charge in [-0.05, 0) is 104 Å². The lowest BCUT2D eigenvalue weighted by atomic mass is 9.75. The van der Waals surface area contributed by atoms with Crippen LogP contribution in [-0.2, 0) is 4.74 Å². The molecule has 2 saturated carbocycles. The molecule has 0 radical (unpaired) electrons. The molecule has 0 aromatic heterocycles. The molecule has 3 fully saturated rings. The summed E-state index contributed by atoms with van der Waals surface area (Å²) in [6.45, 7) is 2.74. The van der Waals surface area contributed by atoms with E-state index in [0.717, 1.165) is 75.3 Å². The highest BCUT2D eigenvalue weighted by Gasteiger charge is 2.30. The fraction of sp³-hybridized carbons (Fsp3) is 0.562. The predicted molar refractivity (Wildman–Crippen MR) is 141 cm³/mol. The maximum absolute atomic E-state index is 15.0. The van der Waals surface area contributed by atoms with Crippen molar-refractivity contribution in [3.05, 3.63) is 76.1 Å². The standard InChI is InChI=1S/C32H39F3O2/c1-2-3-29(36)23-12-10-22(11-13-23)27-17-14-24(31(34)32(27)35)9-6-20-4-7-21(8-5-20)26-16-15-25(18-28(26)33)30-19-37-30/h6,9,14-18,20-23,29-30,36H,2-5,7-8,10-13,19H2,1H3/b9-6+. The average molecular weight is 513 g/mol. The maximum atomic E-state index is 15.0. The Labute approximate surface area is 218 Å². The summed E-state index contributed by atoms with van der Waals surface area (Å²) in [4.78, 5) is 0. The molecule has 2 aliphatic carbocycles. The van der Waals surface area contributed by atoms with Crippen LogP contribution in [0.15, 0.2) is 36.4 Å². The van der Waals surface area contributed by atoms with Crippen molar-refractivity contribution >= 4 is 6.08 Å². The van der Waals surface area contributed by atoms with Gasteiger partial charge in [0, 0.05) is 5.56 Å².